The molecule has 8 heteroatoms. The Labute approximate surface area is 177 Å². The first-order valence-corrected chi connectivity index (χ1v) is 9.80. The molecule has 0 unspecified atom stereocenters. The Bertz CT molecular complexity index is 1380. The van der Waals surface area contributed by atoms with E-state index in [9.17, 15) is 9.59 Å². The molecule has 0 spiro atoms. The molecule has 0 aliphatic carbocycles. The summed E-state index contributed by atoms with van der Waals surface area (Å²) in [5, 5.41) is 0.569. The molecule has 0 fully saturated rings. The zero-order chi connectivity index (χ0) is 21.6. The number of rotatable bonds is 4. The average Bonchev–Trinajstić information content (AvgIpc) is 3.04. The second-order valence-corrected chi connectivity index (χ2v) is 7.76. The first-order chi connectivity index (χ1) is 14.3. The standard InChI is InChI=1S/C22H21ClN4O3/c1-13-5-8-15(9-6-13)12-27-20(28)18-19(26(4)22(27)29)24-21(25(18)3)30-16-10-7-14(2)17(23)11-16/h5-11H,12H2,1-4H3. The van der Waals surface area contributed by atoms with Crippen LogP contribution in [0.3, 0.4) is 0 Å². The molecular formula is C22H21ClN4O3. The molecule has 2 heterocycles. The molecule has 7 nitrogen and oxygen atoms in total. The molecule has 0 N–H and O–H groups in total. The zero-order valence-electron chi connectivity index (χ0n) is 17.1. The van der Waals surface area contributed by atoms with E-state index in [0.717, 1.165) is 16.7 Å². The van der Waals surface area contributed by atoms with E-state index in [0.29, 0.717) is 10.8 Å². The SMILES string of the molecule is Cc1ccc(Cn2c(=O)c3c(nc(Oc4ccc(C)c(Cl)c4)n3C)n(C)c2=O)cc1. The molecule has 2 aromatic heterocycles. The molecule has 0 amide bonds. The number of halogens is 1. The van der Waals surface area contributed by atoms with Crippen molar-refractivity contribution in [3.63, 3.8) is 0 Å². The predicted molar refractivity (Wildman–Crippen MR) is 117 cm³/mol. The van der Waals surface area contributed by atoms with Gasteiger partial charge in [-0.1, -0.05) is 47.5 Å². The Balaban J connectivity index is 1.82. The van der Waals surface area contributed by atoms with Crippen molar-refractivity contribution in [3.8, 4) is 11.8 Å². The highest BCUT2D eigenvalue weighted by molar-refractivity contribution is 6.31. The lowest BCUT2D eigenvalue weighted by molar-refractivity contribution is 0.427. The van der Waals surface area contributed by atoms with Crippen LogP contribution in [0.25, 0.3) is 11.2 Å². The second kappa shape index (κ2) is 7.50. The van der Waals surface area contributed by atoms with E-state index >= 15 is 0 Å². The van der Waals surface area contributed by atoms with Gasteiger partial charge in [0.2, 0.25) is 0 Å². The largest absolute Gasteiger partial charge is 0.425 e. The zero-order valence-corrected chi connectivity index (χ0v) is 17.9. The summed E-state index contributed by atoms with van der Waals surface area (Å²) in [6.45, 7) is 4.06. The van der Waals surface area contributed by atoms with E-state index in [1.165, 1.54) is 9.13 Å². The topological polar surface area (TPSA) is 71.1 Å². The van der Waals surface area contributed by atoms with Crippen molar-refractivity contribution in [2.75, 3.05) is 0 Å². The van der Waals surface area contributed by atoms with E-state index in [1.807, 2.05) is 44.2 Å². The fourth-order valence-corrected chi connectivity index (χ4v) is 3.44. The van der Waals surface area contributed by atoms with Gasteiger partial charge in [0, 0.05) is 19.1 Å². The van der Waals surface area contributed by atoms with Crippen LogP contribution in [0.5, 0.6) is 11.8 Å². The van der Waals surface area contributed by atoms with E-state index in [2.05, 4.69) is 4.98 Å². The summed E-state index contributed by atoms with van der Waals surface area (Å²) in [5.74, 6) is 0.494. The Kier molecular flexibility index (Phi) is 4.99. The van der Waals surface area contributed by atoms with Gasteiger partial charge in [0.25, 0.3) is 5.56 Å². The van der Waals surface area contributed by atoms with Crippen LogP contribution in [0.4, 0.5) is 0 Å². The highest BCUT2D eigenvalue weighted by Crippen LogP contribution is 2.27. The third kappa shape index (κ3) is 3.41. The number of aromatic nitrogens is 4. The molecule has 0 saturated carbocycles. The van der Waals surface area contributed by atoms with Crippen molar-refractivity contribution in [2.24, 2.45) is 14.1 Å². The first kappa shape index (κ1) is 20.0. The minimum atomic E-state index is -0.434. The smallest absolute Gasteiger partial charge is 0.332 e. The molecule has 154 valence electrons. The average molecular weight is 425 g/mol. The molecule has 0 aliphatic rings. The Morgan fingerprint density at radius 3 is 2.37 bits per heavy atom. The fourth-order valence-electron chi connectivity index (χ4n) is 3.27. The van der Waals surface area contributed by atoms with Crippen LogP contribution in [0, 0.1) is 13.8 Å². The van der Waals surface area contributed by atoms with Gasteiger partial charge in [-0.15, -0.1) is 0 Å². The third-order valence-corrected chi connectivity index (χ3v) is 5.54. The lowest BCUT2D eigenvalue weighted by atomic mass is 10.1. The van der Waals surface area contributed by atoms with Gasteiger partial charge in [-0.3, -0.25) is 18.5 Å². The highest BCUT2D eigenvalue weighted by atomic mass is 35.5. The first-order valence-electron chi connectivity index (χ1n) is 9.42. The van der Waals surface area contributed by atoms with Gasteiger partial charge in [0.1, 0.15) is 5.75 Å². The maximum atomic E-state index is 13.2. The van der Waals surface area contributed by atoms with Crippen LogP contribution < -0.4 is 16.0 Å². The minimum absolute atomic E-state index is 0.177. The molecule has 0 radical (unpaired) electrons. The molecule has 30 heavy (non-hydrogen) atoms. The number of hydrogen-bond acceptors (Lipinski definition) is 4. The summed E-state index contributed by atoms with van der Waals surface area (Å²) in [7, 11) is 3.28. The molecule has 4 aromatic rings. The van der Waals surface area contributed by atoms with Gasteiger partial charge in [-0.2, -0.15) is 4.98 Å². The van der Waals surface area contributed by atoms with Crippen molar-refractivity contribution in [2.45, 2.75) is 20.4 Å². The number of hydrogen-bond donors (Lipinski definition) is 0. The number of nitrogens with zero attached hydrogens (tertiary/aromatic N) is 4. The van der Waals surface area contributed by atoms with Crippen LogP contribution in [0.1, 0.15) is 16.7 Å². The molecule has 2 aromatic carbocycles. The normalized spacial score (nSPS) is 11.2. The molecule has 0 atom stereocenters. The van der Waals surface area contributed by atoms with Gasteiger partial charge in [0.05, 0.1) is 6.54 Å². The number of imidazole rings is 1. The minimum Gasteiger partial charge on any atom is -0.425 e. The third-order valence-electron chi connectivity index (χ3n) is 5.13. The molecule has 0 bridgehead atoms. The van der Waals surface area contributed by atoms with Gasteiger partial charge in [-0.25, -0.2) is 4.79 Å². The number of benzene rings is 2. The van der Waals surface area contributed by atoms with Crippen LogP contribution in [0.15, 0.2) is 52.1 Å². The molecule has 4 rings (SSSR count). The molecule has 0 aliphatic heterocycles. The van der Waals surface area contributed by atoms with Crippen molar-refractivity contribution >= 4 is 22.8 Å². The Morgan fingerprint density at radius 2 is 1.70 bits per heavy atom. The summed E-state index contributed by atoms with van der Waals surface area (Å²) in [6, 6.07) is 13.2. The Morgan fingerprint density at radius 1 is 1.00 bits per heavy atom. The van der Waals surface area contributed by atoms with Crippen LogP contribution >= 0.6 is 11.6 Å². The monoisotopic (exact) mass is 424 g/mol. The summed E-state index contributed by atoms with van der Waals surface area (Å²) in [4.78, 5) is 30.4. The highest BCUT2D eigenvalue weighted by Gasteiger charge is 2.20. The van der Waals surface area contributed by atoms with Crippen molar-refractivity contribution < 1.29 is 4.74 Å². The summed E-state index contributed by atoms with van der Waals surface area (Å²) >= 11 is 6.17. The maximum Gasteiger partial charge on any atom is 0.332 e. The molecular weight excluding hydrogens is 404 g/mol. The van der Waals surface area contributed by atoms with Crippen molar-refractivity contribution in [3.05, 3.63) is 85.0 Å². The lowest BCUT2D eigenvalue weighted by Crippen LogP contribution is -2.39. The van der Waals surface area contributed by atoms with Crippen molar-refractivity contribution in [1.82, 2.24) is 18.7 Å². The number of fused-ring (bicyclic) bond motifs is 1. The van der Waals surface area contributed by atoms with Crippen LogP contribution in [-0.4, -0.2) is 18.7 Å². The predicted octanol–water partition coefficient (Wildman–Crippen LogP) is 3.54. The Hall–Kier alpha value is -3.32. The van der Waals surface area contributed by atoms with E-state index in [4.69, 9.17) is 16.3 Å². The van der Waals surface area contributed by atoms with E-state index in [-0.39, 0.29) is 23.7 Å². The van der Waals surface area contributed by atoms with E-state index < -0.39 is 11.2 Å². The maximum absolute atomic E-state index is 13.2. The van der Waals surface area contributed by atoms with Gasteiger partial charge < -0.3 is 4.74 Å². The van der Waals surface area contributed by atoms with Crippen LogP contribution in [0.2, 0.25) is 5.02 Å². The summed E-state index contributed by atoms with van der Waals surface area (Å²) < 4.78 is 9.98. The van der Waals surface area contributed by atoms with E-state index in [1.54, 1.807) is 30.8 Å². The van der Waals surface area contributed by atoms with Gasteiger partial charge in [0.15, 0.2) is 11.2 Å². The number of aryl methyl sites for hydroxylation is 4. The lowest BCUT2D eigenvalue weighted by Gasteiger charge is -2.09. The van der Waals surface area contributed by atoms with Gasteiger partial charge in [-0.05, 0) is 37.1 Å². The summed E-state index contributed by atoms with van der Waals surface area (Å²) in [5.41, 5.74) is 2.61. The van der Waals surface area contributed by atoms with Crippen LogP contribution in [-0.2, 0) is 20.6 Å². The fraction of sp³-hybridized carbons (Fsp3) is 0.227. The van der Waals surface area contributed by atoms with Crippen molar-refractivity contribution in [1.29, 1.82) is 0 Å². The van der Waals surface area contributed by atoms with Gasteiger partial charge >= 0.3 is 11.7 Å². The quantitative estimate of drug-likeness (QED) is 0.502. The summed E-state index contributed by atoms with van der Waals surface area (Å²) in [6.07, 6.45) is 0. The molecule has 0 saturated heterocycles. The number of ether oxygens (including phenoxy) is 1. The second-order valence-electron chi connectivity index (χ2n) is 7.36.